The summed E-state index contributed by atoms with van der Waals surface area (Å²) in [4.78, 5) is 23.6. The fraction of sp³-hybridized carbons (Fsp3) is 0.500. The predicted octanol–water partition coefficient (Wildman–Crippen LogP) is 4.77. The lowest BCUT2D eigenvalue weighted by molar-refractivity contribution is -0.136. The fourth-order valence-corrected chi connectivity index (χ4v) is 5.49. The van der Waals surface area contributed by atoms with E-state index < -0.39 is 0 Å². The highest BCUT2D eigenvalue weighted by atomic mass is 16.2. The molecule has 0 saturated heterocycles. The number of hydrogen-bond acceptors (Lipinski definition) is 2. The van der Waals surface area contributed by atoms with E-state index in [2.05, 4.69) is 43.7 Å². The van der Waals surface area contributed by atoms with Gasteiger partial charge in [-0.3, -0.25) is 4.79 Å². The monoisotopic (exact) mass is 390 g/mol. The zero-order valence-corrected chi connectivity index (χ0v) is 17.2. The third-order valence-electron chi connectivity index (χ3n) is 6.99. The normalized spacial score (nSPS) is 20.2. The number of aromatic nitrogens is 3. The molecule has 5 nitrogen and oxygen atoms in total. The van der Waals surface area contributed by atoms with Crippen LogP contribution in [0.25, 0.3) is 10.9 Å². The van der Waals surface area contributed by atoms with Gasteiger partial charge in [-0.2, -0.15) is 0 Å². The standard InChI is InChI=1S/C24H30N4O/c1-17-25-13-16-27(17)14-12-22(29)28-15-11-20-19-9-5-6-10-21(19)26-23(20)24(28)18-7-3-2-4-8-18/h5-6,9-10,13,16,18,24,26H,2-4,7-8,11-12,14-15H2,1H3/t24-/m1/s1. The Balaban J connectivity index is 1.45. The summed E-state index contributed by atoms with van der Waals surface area (Å²) >= 11 is 0. The quantitative estimate of drug-likeness (QED) is 0.698. The first-order valence-corrected chi connectivity index (χ1v) is 11.1. The smallest absolute Gasteiger partial charge is 0.224 e. The average molecular weight is 391 g/mol. The Labute approximate surface area is 172 Å². The number of nitrogens with zero attached hydrogens (tertiary/aromatic N) is 3. The van der Waals surface area contributed by atoms with Crippen molar-refractivity contribution in [3.63, 3.8) is 0 Å². The van der Waals surface area contributed by atoms with Crippen LogP contribution >= 0.6 is 0 Å². The fourth-order valence-electron chi connectivity index (χ4n) is 5.49. The maximum atomic E-state index is 13.4. The largest absolute Gasteiger partial charge is 0.356 e. The van der Waals surface area contributed by atoms with Crippen molar-refractivity contribution in [3.8, 4) is 0 Å². The number of hydrogen-bond donors (Lipinski definition) is 1. The van der Waals surface area contributed by atoms with Crippen molar-refractivity contribution in [2.45, 2.75) is 64.5 Å². The second kappa shape index (κ2) is 7.69. The van der Waals surface area contributed by atoms with Crippen molar-refractivity contribution in [1.82, 2.24) is 19.4 Å². The molecular formula is C24H30N4O. The van der Waals surface area contributed by atoms with Gasteiger partial charge in [0.1, 0.15) is 5.82 Å². The lowest BCUT2D eigenvalue weighted by Gasteiger charge is -2.42. The summed E-state index contributed by atoms with van der Waals surface area (Å²) in [5.74, 6) is 1.81. The zero-order chi connectivity index (χ0) is 19.8. The van der Waals surface area contributed by atoms with Crippen molar-refractivity contribution in [1.29, 1.82) is 0 Å². The summed E-state index contributed by atoms with van der Waals surface area (Å²) in [6, 6.07) is 8.80. The maximum absolute atomic E-state index is 13.4. The molecule has 0 spiro atoms. The number of nitrogens with one attached hydrogen (secondary N) is 1. The molecule has 0 unspecified atom stereocenters. The summed E-state index contributed by atoms with van der Waals surface area (Å²) in [5.41, 5.74) is 3.95. The first-order chi connectivity index (χ1) is 14.2. The van der Waals surface area contributed by atoms with Crippen molar-refractivity contribution in [2.24, 2.45) is 5.92 Å². The summed E-state index contributed by atoms with van der Waals surface area (Å²) in [6.45, 7) is 3.53. The minimum atomic E-state index is 0.197. The van der Waals surface area contributed by atoms with E-state index in [1.807, 2.05) is 19.3 Å². The highest BCUT2D eigenvalue weighted by Gasteiger charge is 2.38. The van der Waals surface area contributed by atoms with E-state index in [4.69, 9.17) is 0 Å². The van der Waals surface area contributed by atoms with Gasteiger partial charge >= 0.3 is 0 Å². The van der Waals surface area contributed by atoms with Crippen LogP contribution in [-0.4, -0.2) is 31.9 Å². The Bertz CT molecular complexity index is 1010. The summed E-state index contributed by atoms with van der Waals surface area (Å²) in [5, 5.41) is 1.34. The van der Waals surface area contributed by atoms with E-state index in [0.29, 0.717) is 18.9 Å². The highest BCUT2D eigenvalue weighted by molar-refractivity contribution is 5.86. The molecule has 1 aromatic carbocycles. The van der Waals surface area contributed by atoms with Crippen LogP contribution in [0.15, 0.2) is 36.7 Å². The third kappa shape index (κ3) is 3.37. The van der Waals surface area contributed by atoms with Gasteiger partial charge in [-0.1, -0.05) is 37.5 Å². The second-order valence-corrected chi connectivity index (χ2v) is 8.66. The zero-order valence-electron chi connectivity index (χ0n) is 17.2. The van der Waals surface area contributed by atoms with Crippen LogP contribution in [0.4, 0.5) is 0 Å². The van der Waals surface area contributed by atoms with Gasteiger partial charge in [-0.25, -0.2) is 4.98 Å². The second-order valence-electron chi connectivity index (χ2n) is 8.66. The summed E-state index contributed by atoms with van der Waals surface area (Å²) < 4.78 is 2.08. The van der Waals surface area contributed by atoms with E-state index in [9.17, 15) is 4.79 Å². The number of carbonyl (C=O) groups is 1. The van der Waals surface area contributed by atoms with E-state index in [-0.39, 0.29) is 11.9 Å². The van der Waals surface area contributed by atoms with Crippen LogP contribution in [0.1, 0.15) is 61.6 Å². The van der Waals surface area contributed by atoms with Crippen LogP contribution in [0.2, 0.25) is 0 Å². The number of carbonyl (C=O) groups excluding carboxylic acids is 1. The molecule has 1 aliphatic heterocycles. The van der Waals surface area contributed by atoms with Crippen LogP contribution in [0.5, 0.6) is 0 Å². The van der Waals surface area contributed by atoms with Crippen molar-refractivity contribution in [2.75, 3.05) is 6.54 Å². The lowest BCUT2D eigenvalue weighted by atomic mass is 9.79. The minimum absolute atomic E-state index is 0.197. The Morgan fingerprint density at radius 2 is 2.03 bits per heavy atom. The third-order valence-corrected chi connectivity index (χ3v) is 6.99. The number of amides is 1. The predicted molar refractivity (Wildman–Crippen MR) is 115 cm³/mol. The molecule has 2 aliphatic rings. The number of H-pyrrole nitrogens is 1. The van der Waals surface area contributed by atoms with Gasteiger partial charge in [0.25, 0.3) is 0 Å². The number of benzene rings is 1. The molecule has 1 aliphatic carbocycles. The lowest BCUT2D eigenvalue weighted by Crippen LogP contribution is -2.44. The Kier molecular flexibility index (Phi) is 4.90. The molecule has 0 radical (unpaired) electrons. The number of para-hydroxylation sites is 1. The molecule has 1 atom stereocenters. The number of rotatable bonds is 4. The maximum Gasteiger partial charge on any atom is 0.224 e. The highest BCUT2D eigenvalue weighted by Crippen LogP contribution is 2.43. The molecule has 5 heteroatoms. The number of fused-ring (bicyclic) bond motifs is 3. The van der Waals surface area contributed by atoms with Crippen LogP contribution in [0.3, 0.4) is 0 Å². The molecule has 0 bridgehead atoms. The average Bonchev–Trinajstić information content (AvgIpc) is 3.34. The molecule has 29 heavy (non-hydrogen) atoms. The molecule has 1 saturated carbocycles. The van der Waals surface area contributed by atoms with Gasteiger partial charge in [0, 0.05) is 48.5 Å². The van der Waals surface area contributed by atoms with Gasteiger partial charge in [0.2, 0.25) is 5.91 Å². The van der Waals surface area contributed by atoms with Crippen molar-refractivity contribution in [3.05, 3.63) is 53.7 Å². The van der Waals surface area contributed by atoms with Gasteiger partial charge < -0.3 is 14.5 Å². The van der Waals surface area contributed by atoms with E-state index in [1.165, 1.54) is 54.3 Å². The van der Waals surface area contributed by atoms with Crippen LogP contribution in [0, 0.1) is 12.8 Å². The SMILES string of the molecule is Cc1nccn1CCC(=O)N1CCc2c([nH]c3ccccc23)[C@H]1C1CCCCC1. The van der Waals surface area contributed by atoms with Crippen molar-refractivity contribution >= 4 is 16.8 Å². The van der Waals surface area contributed by atoms with Gasteiger partial charge in [-0.05, 0) is 43.7 Å². The molecule has 3 aromatic rings. The van der Waals surface area contributed by atoms with Gasteiger partial charge in [0.15, 0.2) is 0 Å². The first kappa shape index (κ1) is 18.5. The molecule has 5 rings (SSSR count). The Hall–Kier alpha value is -2.56. The number of aromatic amines is 1. The number of imidazole rings is 1. The van der Waals surface area contributed by atoms with Crippen LogP contribution < -0.4 is 0 Å². The van der Waals surface area contributed by atoms with Crippen LogP contribution in [-0.2, 0) is 17.8 Å². The number of aryl methyl sites for hydroxylation is 2. The van der Waals surface area contributed by atoms with Crippen molar-refractivity contribution < 1.29 is 4.79 Å². The summed E-state index contributed by atoms with van der Waals surface area (Å²) in [6.07, 6.45) is 11.6. The molecule has 3 heterocycles. The minimum Gasteiger partial charge on any atom is -0.356 e. The Morgan fingerprint density at radius 1 is 1.21 bits per heavy atom. The molecule has 152 valence electrons. The van der Waals surface area contributed by atoms with Gasteiger partial charge in [0.05, 0.1) is 6.04 Å². The molecule has 1 amide bonds. The molecule has 2 aromatic heterocycles. The topological polar surface area (TPSA) is 53.9 Å². The summed E-state index contributed by atoms with van der Waals surface area (Å²) in [7, 11) is 0. The van der Waals surface area contributed by atoms with Gasteiger partial charge in [-0.15, -0.1) is 0 Å². The van der Waals surface area contributed by atoms with E-state index in [0.717, 1.165) is 18.8 Å². The molecule has 1 N–H and O–H groups in total. The molecule has 1 fully saturated rings. The van der Waals surface area contributed by atoms with E-state index in [1.54, 1.807) is 0 Å². The Morgan fingerprint density at radius 3 is 2.83 bits per heavy atom. The molecular weight excluding hydrogens is 360 g/mol. The van der Waals surface area contributed by atoms with E-state index >= 15 is 0 Å². The first-order valence-electron chi connectivity index (χ1n) is 11.1.